The van der Waals surface area contributed by atoms with Crippen LogP contribution in [0.1, 0.15) is 81.6 Å². The summed E-state index contributed by atoms with van der Waals surface area (Å²) in [6, 6.07) is -0.760. The van der Waals surface area contributed by atoms with E-state index in [9.17, 15) is 30.0 Å². The number of fused-ring (bicyclic) bond motifs is 1. The number of methoxy groups -OCH3 is 2. The first-order valence-corrected chi connectivity index (χ1v) is 20.4. The molecule has 0 aromatic carbocycles. The Morgan fingerprint density at radius 2 is 1.60 bits per heavy atom. The van der Waals surface area contributed by atoms with Gasteiger partial charge in [-0.25, -0.2) is 4.79 Å². The van der Waals surface area contributed by atoms with Gasteiger partial charge in [0.2, 0.25) is 0 Å². The Bertz CT molecular complexity index is 1380. The van der Waals surface area contributed by atoms with Gasteiger partial charge in [-0.3, -0.25) is 4.79 Å². The number of aliphatic hydroxyl groups is 4. The lowest BCUT2D eigenvalue weighted by atomic mass is 9.77. The Labute approximate surface area is 339 Å². The summed E-state index contributed by atoms with van der Waals surface area (Å²) in [5.41, 5.74) is -4.30. The Morgan fingerprint density at radius 3 is 2.19 bits per heavy atom. The standard InChI is InChI=1S/C41H72N2O14/c1-21-18-39(8,48)35(57-38-32(52-16-15-29(44)50-13)28(42(10)11)17-22(2)53-38)23(3)31(55-30-19-40(9,51-14)34(46)27(7)54-30)24(4)37(47)56-36-25(5)41(36,49)33(45)26(6)43(12)20-21/h15-16,21-28,30-36,38,45-46,48-49H,17-20H2,1-14H3/b16-15+/t21-,22-,23+,24-,25?,26-,27+,28+,30+,31+,32-,33-,34+,35-,36-,38+,39+,40-,41+/m1/s1. The van der Waals surface area contributed by atoms with Crippen molar-refractivity contribution in [2.75, 3.05) is 41.9 Å². The highest BCUT2D eigenvalue weighted by Crippen LogP contribution is 2.50. The largest absolute Gasteiger partial charge is 0.491 e. The molecule has 3 aliphatic heterocycles. The molecule has 0 amide bonds. The number of carbonyl (C=O) groups is 2. The molecule has 19 atom stereocenters. The van der Waals surface area contributed by atoms with Crippen molar-refractivity contribution in [3.63, 3.8) is 0 Å². The average molecular weight is 817 g/mol. The Morgan fingerprint density at radius 1 is 0.947 bits per heavy atom. The summed E-state index contributed by atoms with van der Waals surface area (Å²) in [7, 11) is 8.44. The highest BCUT2D eigenvalue weighted by molar-refractivity contribution is 5.81. The maximum atomic E-state index is 14.2. The summed E-state index contributed by atoms with van der Waals surface area (Å²) in [5.74, 6) is -3.78. The van der Waals surface area contributed by atoms with E-state index in [2.05, 4.69) is 0 Å². The van der Waals surface area contributed by atoms with Gasteiger partial charge in [0.1, 0.15) is 23.9 Å². The van der Waals surface area contributed by atoms with Crippen molar-refractivity contribution in [1.82, 2.24) is 9.80 Å². The number of likely N-dealkylation sites (N-methyl/N-ethyl adjacent to an activating group) is 2. The van der Waals surface area contributed by atoms with E-state index in [4.69, 9.17) is 37.9 Å². The third kappa shape index (κ3) is 10.3. The highest BCUT2D eigenvalue weighted by Gasteiger charge is 2.70. The summed E-state index contributed by atoms with van der Waals surface area (Å²) in [6.07, 6.45) is -5.75. The molecule has 0 bridgehead atoms. The fourth-order valence-corrected chi connectivity index (χ4v) is 9.36. The number of nitrogens with zero attached hydrogens (tertiary/aromatic N) is 2. The molecule has 0 spiro atoms. The second-order valence-electron chi connectivity index (χ2n) is 18.1. The van der Waals surface area contributed by atoms with Crippen molar-refractivity contribution < 1.29 is 67.9 Å². The Balaban J connectivity index is 1.83. The van der Waals surface area contributed by atoms with Crippen molar-refractivity contribution in [2.24, 2.45) is 23.7 Å². The van der Waals surface area contributed by atoms with Crippen LogP contribution in [-0.4, -0.2) is 174 Å². The molecule has 3 heterocycles. The highest BCUT2D eigenvalue weighted by atomic mass is 16.7. The number of rotatable bonds is 9. The van der Waals surface area contributed by atoms with Gasteiger partial charge in [-0.1, -0.05) is 20.8 Å². The second-order valence-corrected chi connectivity index (χ2v) is 18.1. The molecule has 4 aliphatic rings. The molecule has 0 radical (unpaired) electrons. The first kappa shape index (κ1) is 47.7. The van der Waals surface area contributed by atoms with Gasteiger partial charge in [0.05, 0.1) is 67.0 Å². The smallest absolute Gasteiger partial charge is 0.333 e. The van der Waals surface area contributed by atoms with Gasteiger partial charge in [0.15, 0.2) is 18.7 Å². The monoisotopic (exact) mass is 816 g/mol. The molecule has 4 rings (SSSR count). The van der Waals surface area contributed by atoms with Crippen LogP contribution >= 0.6 is 0 Å². The summed E-state index contributed by atoms with van der Waals surface area (Å²) in [5, 5.41) is 46.9. The van der Waals surface area contributed by atoms with Gasteiger partial charge in [0.25, 0.3) is 0 Å². The van der Waals surface area contributed by atoms with Crippen LogP contribution in [0.4, 0.5) is 0 Å². The third-order valence-electron chi connectivity index (χ3n) is 13.2. The van der Waals surface area contributed by atoms with Crippen LogP contribution in [0.3, 0.4) is 0 Å². The van der Waals surface area contributed by atoms with Gasteiger partial charge >= 0.3 is 11.9 Å². The molecule has 330 valence electrons. The molecule has 1 saturated carbocycles. The summed E-state index contributed by atoms with van der Waals surface area (Å²) >= 11 is 0. The van der Waals surface area contributed by atoms with Crippen molar-refractivity contribution in [2.45, 2.75) is 172 Å². The lowest BCUT2D eigenvalue weighted by Crippen LogP contribution is -2.60. The van der Waals surface area contributed by atoms with Crippen molar-refractivity contribution >= 4 is 11.9 Å². The molecule has 1 unspecified atom stereocenters. The van der Waals surface area contributed by atoms with E-state index in [1.165, 1.54) is 20.5 Å². The molecule has 4 fully saturated rings. The van der Waals surface area contributed by atoms with E-state index >= 15 is 0 Å². The van der Waals surface area contributed by atoms with Gasteiger partial charge in [-0.15, -0.1) is 0 Å². The number of esters is 2. The van der Waals surface area contributed by atoms with E-state index in [0.29, 0.717) is 13.0 Å². The molecular weight excluding hydrogens is 744 g/mol. The lowest BCUT2D eigenvalue weighted by Gasteiger charge is -2.49. The molecule has 3 saturated heterocycles. The number of aliphatic hydroxyl groups excluding tert-OH is 2. The zero-order chi connectivity index (χ0) is 42.9. The maximum absolute atomic E-state index is 14.2. The van der Waals surface area contributed by atoms with Crippen molar-refractivity contribution in [1.29, 1.82) is 0 Å². The number of ether oxygens (including phenoxy) is 8. The van der Waals surface area contributed by atoms with E-state index in [-0.39, 0.29) is 30.9 Å². The van der Waals surface area contributed by atoms with E-state index in [0.717, 1.165) is 6.08 Å². The fraction of sp³-hybridized carbons (Fsp3) is 0.902. The molecular formula is C41H72N2O14. The molecule has 16 heteroatoms. The topological polar surface area (TPSA) is 195 Å². The predicted octanol–water partition coefficient (Wildman–Crippen LogP) is 1.83. The molecule has 0 aromatic heterocycles. The third-order valence-corrected chi connectivity index (χ3v) is 13.2. The second kappa shape index (κ2) is 18.8. The van der Waals surface area contributed by atoms with Crippen LogP contribution in [0, 0.1) is 23.7 Å². The number of hydrogen-bond donors (Lipinski definition) is 4. The molecule has 4 N–H and O–H groups in total. The first-order chi connectivity index (χ1) is 26.4. The molecule has 1 aliphatic carbocycles. The van der Waals surface area contributed by atoms with Crippen LogP contribution in [0.25, 0.3) is 0 Å². The first-order valence-electron chi connectivity index (χ1n) is 20.4. The molecule has 16 nitrogen and oxygen atoms in total. The Kier molecular flexibility index (Phi) is 15.7. The fourth-order valence-electron chi connectivity index (χ4n) is 9.36. The quantitative estimate of drug-likeness (QED) is 0.149. The van der Waals surface area contributed by atoms with Gasteiger partial charge in [-0.05, 0) is 81.4 Å². The predicted molar refractivity (Wildman–Crippen MR) is 207 cm³/mol. The molecule has 0 aromatic rings. The summed E-state index contributed by atoms with van der Waals surface area (Å²) < 4.78 is 49.1. The zero-order valence-corrected chi connectivity index (χ0v) is 36.5. The molecule has 57 heavy (non-hydrogen) atoms. The van der Waals surface area contributed by atoms with Crippen LogP contribution in [0.2, 0.25) is 0 Å². The Hall–Kier alpha value is -1.96. The van der Waals surface area contributed by atoms with E-state index in [1.807, 2.05) is 58.6 Å². The number of carbonyl (C=O) groups excluding carboxylic acids is 2. The average Bonchev–Trinajstić information content (AvgIpc) is 3.67. The van der Waals surface area contributed by atoms with Gasteiger partial charge in [-0.2, -0.15) is 0 Å². The van der Waals surface area contributed by atoms with Crippen molar-refractivity contribution in [3.05, 3.63) is 12.3 Å². The van der Waals surface area contributed by atoms with Crippen LogP contribution in [0.15, 0.2) is 12.3 Å². The van der Waals surface area contributed by atoms with Gasteiger partial charge < -0.3 is 68.1 Å². The van der Waals surface area contributed by atoms with Crippen LogP contribution in [-0.2, 0) is 47.5 Å². The maximum Gasteiger partial charge on any atom is 0.333 e. The van der Waals surface area contributed by atoms with Gasteiger partial charge in [0, 0.05) is 38.0 Å². The minimum absolute atomic E-state index is 0.116. The summed E-state index contributed by atoms with van der Waals surface area (Å²) in [4.78, 5) is 30.1. The lowest BCUT2D eigenvalue weighted by molar-refractivity contribution is -0.318. The van der Waals surface area contributed by atoms with Crippen molar-refractivity contribution in [3.8, 4) is 0 Å². The minimum Gasteiger partial charge on any atom is -0.491 e. The van der Waals surface area contributed by atoms with Crippen LogP contribution < -0.4 is 0 Å². The SMILES string of the molecule is COC(=O)/C=C/O[C@H]1[C@H](O[C@@H]2[C@@H](C)[C@H](O[C@H]3C[C@@](C)(OC)[C@@H](O)[C@H](C)O3)[C@@H](C)C(=O)O[C@@H]3C(C)[C@]3(O)[C@H](O)[C@@H](C)N(C)C[C@H](C)C[C@]2(C)O)O[C@H](C)C[C@@H]1N(C)C. The zero-order valence-electron chi connectivity index (χ0n) is 36.5. The normalized spacial score (nSPS) is 48.1. The minimum atomic E-state index is -1.67. The summed E-state index contributed by atoms with van der Waals surface area (Å²) in [6.45, 7) is 16.5. The van der Waals surface area contributed by atoms with E-state index in [1.54, 1.807) is 34.6 Å². The van der Waals surface area contributed by atoms with Crippen LogP contribution in [0.5, 0.6) is 0 Å². The number of hydrogen-bond acceptors (Lipinski definition) is 16. The van der Waals surface area contributed by atoms with E-state index < -0.39 is 108 Å².